The molecule has 2 aromatic rings. The molecule has 4 rings (SSSR count). The number of halogens is 1. The van der Waals surface area contributed by atoms with Crippen molar-refractivity contribution in [2.24, 2.45) is 5.16 Å². The number of fused-ring (bicyclic) bond motifs is 1. The van der Waals surface area contributed by atoms with Crippen molar-refractivity contribution in [1.29, 1.82) is 0 Å². The first-order valence-electron chi connectivity index (χ1n) is 10.1. The van der Waals surface area contributed by atoms with E-state index in [1.54, 1.807) is 0 Å². The van der Waals surface area contributed by atoms with Crippen molar-refractivity contribution in [3.8, 4) is 0 Å². The normalized spacial score (nSPS) is 21.8. The number of hydrogen-bond acceptors (Lipinski definition) is 5. The monoisotopic (exact) mass is 473 g/mol. The van der Waals surface area contributed by atoms with Crippen LogP contribution in [0.5, 0.6) is 0 Å². The summed E-state index contributed by atoms with van der Waals surface area (Å²) < 4.78 is 6.43. The van der Waals surface area contributed by atoms with Crippen molar-refractivity contribution in [2.45, 2.75) is 44.4 Å². The van der Waals surface area contributed by atoms with E-state index in [9.17, 15) is 9.59 Å². The molecule has 0 aromatic heterocycles. The predicted molar refractivity (Wildman–Crippen MR) is 117 cm³/mol. The zero-order chi connectivity index (χ0) is 21.1. The van der Waals surface area contributed by atoms with Crippen molar-refractivity contribution in [1.82, 2.24) is 10.2 Å². The summed E-state index contributed by atoms with van der Waals surface area (Å²) in [4.78, 5) is 32.1. The van der Waals surface area contributed by atoms with Crippen molar-refractivity contribution >= 4 is 43.3 Å². The number of oxime groups is 1. The molecule has 1 saturated heterocycles. The molecule has 2 aliphatic heterocycles. The van der Waals surface area contributed by atoms with Gasteiger partial charge in [0, 0.05) is 13.0 Å². The van der Waals surface area contributed by atoms with Gasteiger partial charge in [0.25, 0.3) is 0 Å². The molecule has 3 atom stereocenters. The summed E-state index contributed by atoms with van der Waals surface area (Å²) in [5.41, 5.74) is 0.922. The molecule has 0 aliphatic carbocycles. The highest BCUT2D eigenvalue weighted by molar-refractivity contribution is 9.18. The summed E-state index contributed by atoms with van der Waals surface area (Å²) in [6.45, 7) is 2.71. The summed E-state index contributed by atoms with van der Waals surface area (Å²) in [5.74, 6) is -0.186. The van der Waals surface area contributed by atoms with Gasteiger partial charge in [0.2, 0.25) is 5.91 Å². The van der Waals surface area contributed by atoms with Crippen LogP contribution in [0.2, 0.25) is 0 Å². The Bertz CT molecular complexity index is 980. The second kappa shape index (κ2) is 9.04. The Morgan fingerprint density at radius 3 is 2.87 bits per heavy atom. The number of carbonyl (C=O) groups is 2. The van der Waals surface area contributed by atoms with Crippen LogP contribution < -0.4 is 5.32 Å². The zero-order valence-corrected chi connectivity index (χ0v) is 18.3. The van der Waals surface area contributed by atoms with Gasteiger partial charge in [0.05, 0.1) is 6.54 Å². The number of rotatable bonds is 5. The van der Waals surface area contributed by atoms with E-state index in [-0.39, 0.29) is 12.0 Å². The van der Waals surface area contributed by atoms with Crippen molar-refractivity contribution in [2.75, 3.05) is 13.1 Å². The molecule has 1 N–H and O–H groups in total. The van der Waals surface area contributed by atoms with Gasteiger partial charge in [-0.15, -0.1) is 0 Å². The lowest BCUT2D eigenvalue weighted by atomic mass is 10.0. The second-order valence-electron chi connectivity index (χ2n) is 7.63. The Labute approximate surface area is 183 Å². The molecule has 0 saturated carbocycles. The molecule has 2 amide bonds. The molecular formula is C22H24BrN3O4. The smallest absolute Gasteiger partial charge is 0.411 e. The average Bonchev–Trinajstić information content (AvgIpc) is 3.40. The highest BCUT2D eigenvalue weighted by Crippen LogP contribution is 2.25. The third-order valence-electron chi connectivity index (χ3n) is 5.51. The first-order chi connectivity index (χ1) is 14.5. The summed E-state index contributed by atoms with van der Waals surface area (Å²) in [7, 11) is 0. The topological polar surface area (TPSA) is 80.2 Å². The molecule has 8 heteroatoms. The van der Waals surface area contributed by atoms with Crippen LogP contribution in [0.25, 0.3) is 10.8 Å². The summed E-state index contributed by atoms with van der Waals surface area (Å²) >= 11 is 3.28. The number of likely N-dealkylation sites (tertiary alicyclic amines) is 1. The molecule has 158 valence electrons. The highest BCUT2D eigenvalue weighted by Gasteiger charge is 2.36. The fourth-order valence-electron chi connectivity index (χ4n) is 3.84. The predicted octanol–water partition coefficient (Wildman–Crippen LogP) is 4.12. The minimum atomic E-state index is -0.521. The molecule has 0 radical (unpaired) electrons. The quantitative estimate of drug-likeness (QED) is 0.708. The van der Waals surface area contributed by atoms with Gasteiger partial charge in [-0.2, -0.15) is 0 Å². The third-order valence-corrected chi connectivity index (χ3v) is 5.98. The summed E-state index contributed by atoms with van der Waals surface area (Å²) in [6.07, 6.45) is 0.964. The molecule has 0 spiro atoms. The Kier molecular flexibility index (Phi) is 6.22. The van der Waals surface area contributed by atoms with E-state index in [1.807, 2.05) is 49.4 Å². The van der Waals surface area contributed by atoms with Gasteiger partial charge in [0.15, 0.2) is 6.10 Å². The maximum atomic E-state index is 12.8. The number of nitrogens with zero attached hydrogens (tertiary/aromatic N) is 2. The Morgan fingerprint density at radius 2 is 2.10 bits per heavy atom. The van der Waals surface area contributed by atoms with E-state index >= 15 is 0 Å². The molecule has 2 aromatic carbocycles. The number of amides is 2. The second-order valence-corrected chi connectivity index (χ2v) is 8.54. The van der Waals surface area contributed by atoms with Crippen molar-refractivity contribution < 1.29 is 19.2 Å². The molecule has 30 heavy (non-hydrogen) atoms. The minimum absolute atomic E-state index is 0.182. The first-order valence-corrected chi connectivity index (χ1v) is 10.9. The zero-order valence-electron chi connectivity index (χ0n) is 16.7. The molecule has 1 fully saturated rings. The van der Waals surface area contributed by atoms with Gasteiger partial charge in [-0.25, -0.2) is 4.79 Å². The van der Waals surface area contributed by atoms with Crippen LogP contribution >= 0.6 is 15.9 Å². The molecule has 0 bridgehead atoms. The number of carbonyl (C=O) groups excluding carboxylic acids is 2. The van der Waals surface area contributed by atoms with Gasteiger partial charge in [-0.1, -0.05) is 41.6 Å². The van der Waals surface area contributed by atoms with Crippen LogP contribution in [0, 0.1) is 0 Å². The molecule has 0 unspecified atom stereocenters. The van der Waals surface area contributed by atoms with Crippen LogP contribution in [-0.2, 0) is 14.4 Å². The third kappa shape index (κ3) is 4.59. The lowest BCUT2D eigenvalue weighted by Gasteiger charge is -2.25. The van der Waals surface area contributed by atoms with Gasteiger partial charge in [-0.3, -0.25) is 9.69 Å². The Hall–Kier alpha value is -2.61. The van der Waals surface area contributed by atoms with Crippen LogP contribution in [0.3, 0.4) is 0 Å². The summed E-state index contributed by atoms with van der Waals surface area (Å²) in [5, 5.41) is 8.92. The largest absolute Gasteiger partial charge is 0.441 e. The molecule has 2 heterocycles. The standard InChI is InChI=1S/C22H24BrN3O4/c1-14(16-9-8-15-5-2-3-6-17(15)11-16)29-22(28)26-10-4-7-19(26)21(27)24-13-18-12-20(23)25-30-18/h2-3,5-6,8-9,11,14,18-19H,4,7,10,12-13H2,1H3,(H,24,27)/t14-,18-,19+/m0/s1. The molecule has 2 aliphatic rings. The lowest BCUT2D eigenvalue weighted by Crippen LogP contribution is -2.47. The van der Waals surface area contributed by atoms with Gasteiger partial charge in [-0.05, 0) is 58.1 Å². The van der Waals surface area contributed by atoms with E-state index in [0.717, 1.165) is 27.4 Å². The van der Waals surface area contributed by atoms with E-state index in [0.29, 0.717) is 25.9 Å². The first kappa shape index (κ1) is 20.7. The number of nitrogens with one attached hydrogen (secondary N) is 1. The van der Waals surface area contributed by atoms with Gasteiger partial charge >= 0.3 is 6.09 Å². The number of hydrogen-bond donors (Lipinski definition) is 1. The van der Waals surface area contributed by atoms with Crippen molar-refractivity contribution in [3.63, 3.8) is 0 Å². The van der Waals surface area contributed by atoms with Gasteiger partial charge < -0.3 is 14.9 Å². The van der Waals surface area contributed by atoms with E-state index in [4.69, 9.17) is 9.57 Å². The van der Waals surface area contributed by atoms with Gasteiger partial charge in [0.1, 0.15) is 16.8 Å². The van der Waals surface area contributed by atoms with Crippen LogP contribution in [0.15, 0.2) is 47.6 Å². The fraction of sp³-hybridized carbons (Fsp3) is 0.409. The minimum Gasteiger partial charge on any atom is -0.441 e. The fourth-order valence-corrected chi connectivity index (χ4v) is 4.29. The molecule has 7 nitrogen and oxygen atoms in total. The Morgan fingerprint density at radius 1 is 1.30 bits per heavy atom. The Balaban J connectivity index is 1.34. The van der Waals surface area contributed by atoms with E-state index < -0.39 is 18.2 Å². The van der Waals surface area contributed by atoms with Crippen LogP contribution in [-0.4, -0.2) is 46.8 Å². The summed E-state index contributed by atoms with van der Waals surface area (Å²) in [6, 6.07) is 13.6. The lowest BCUT2D eigenvalue weighted by molar-refractivity contribution is -0.125. The maximum Gasteiger partial charge on any atom is 0.411 e. The SMILES string of the molecule is C[C@H](OC(=O)N1CCC[C@@H]1C(=O)NC[C@@H]1CC(Br)=NO1)c1ccc2ccccc2c1. The number of ether oxygens (including phenoxy) is 1. The van der Waals surface area contributed by atoms with Crippen molar-refractivity contribution in [3.05, 3.63) is 48.0 Å². The van der Waals surface area contributed by atoms with Crippen LogP contribution in [0.4, 0.5) is 4.79 Å². The number of benzene rings is 2. The van der Waals surface area contributed by atoms with Crippen LogP contribution in [0.1, 0.15) is 37.9 Å². The van der Waals surface area contributed by atoms with E-state index in [1.165, 1.54) is 4.90 Å². The highest BCUT2D eigenvalue weighted by atomic mass is 79.9. The molecular weight excluding hydrogens is 450 g/mol. The maximum absolute atomic E-state index is 12.8. The van der Waals surface area contributed by atoms with E-state index in [2.05, 4.69) is 26.4 Å². The average molecular weight is 474 g/mol.